The molecule has 3 aromatic rings. The molecule has 110 valence electrons. The zero-order valence-corrected chi connectivity index (χ0v) is 11.6. The highest BCUT2D eigenvalue weighted by molar-refractivity contribution is 5.92. The fraction of sp³-hybridized carbons (Fsp3) is 0.0667. The smallest absolute Gasteiger partial charge is 0.358 e. The first-order valence-corrected chi connectivity index (χ1v) is 6.44. The molecule has 0 saturated heterocycles. The Morgan fingerprint density at radius 1 is 1.32 bits per heavy atom. The molecular formula is C15H11FN4O2. The summed E-state index contributed by atoms with van der Waals surface area (Å²) in [6.07, 6.45) is 3.04. The summed E-state index contributed by atoms with van der Waals surface area (Å²) in [5.74, 6) is -1.75. The van der Waals surface area contributed by atoms with Crippen LogP contribution in [0.25, 0.3) is 16.9 Å². The summed E-state index contributed by atoms with van der Waals surface area (Å²) in [4.78, 5) is 15.3. The van der Waals surface area contributed by atoms with Crippen molar-refractivity contribution in [3.8, 4) is 16.9 Å². The van der Waals surface area contributed by atoms with Crippen LogP contribution in [0.1, 0.15) is 16.1 Å². The third-order valence-corrected chi connectivity index (χ3v) is 3.14. The second-order valence-corrected chi connectivity index (χ2v) is 4.70. The van der Waals surface area contributed by atoms with Crippen molar-refractivity contribution in [1.29, 1.82) is 0 Å². The second kappa shape index (κ2) is 5.36. The van der Waals surface area contributed by atoms with Crippen LogP contribution in [0.2, 0.25) is 0 Å². The van der Waals surface area contributed by atoms with E-state index in [1.807, 2.05) is 0 Å². The second-order valence-electron chi connectivity index (χ2n) is 4.70. The molecule has 0 aliphatic heterocycles. The van der Waals surface area contributed by atoms with Gasteiger partial charge in [0.2, 0.25) is 0 Å². The minimum atomic E-state index is -1.24. The van der Waals surface area contributed by atoms with Crippen LogP contribution in [0.3, 0.4) is 0 Å². The minimum Gasteiger partial charge on any atom is -0.476 e. The van der Waals surface area contributed by atoms with Crippen LogP contribution in [0.4, 0.5) is 4.39 Å². The molecule has 0 atom stereocenters. The van der Waals surface area contributed by atoms with Crippen LogP contribution >= 0.6 is 0 Å². The summed E-state index contributed by atoms with van der Waals surface area (Å²) in [7, 11) is 0. The third kappa shape index (κ3) is 2.32. The van der Waals surface area contributed by atoms with E-state index in [1.54, 1.807) is 31.3 Å². The molecule has 0 aliphatic carbocycles. The van der Waals surface area contributed by atoms with Crippen LogP contribution in [-0.2, 0) is 0 Å². The predicted octanol–water partition coefficient (Wildman–Crippen LogP) is 2.48. The highest BCUT2D eigenvalue weighted by Gasteiger charge is 2.23. The lowest BCUT2D eigenvalue weighted by molar-refractivity contribution is 0.0691. The Hall–Kier alpha value is -3.09. The van der Waals surface area contributed by atoms with Crippen LogP contribution in [0, 0.1) is 12.7 Å². The first-order chi connectivity index (χ1) is 10.6. The molecule has 1 N–H and O–H groups in total. The van der Waals surface area contributed by atoms with E-state index in [2.05, 4.69) is 15.3 Å². The quantitative estimate of drug-likeness (QED) is 0.803. The lowest BCUT2D eigenvalue weighted by Crippen LogP contribution is -2.05. The summed E-state index contributed by atoms with van der Waals surface area (Å²) < 4.78 is 15.4. The van der Waals surface area contributed by atoms with Crippen LogP contribution in [0.5, 0.6) is 0 Å². The summed E-state index contributed by atoms with van der Waals surface area (Å²) in [6, 6.07) is 7.92. The van der Waals surface area contributed by atoms with Gasteiger partial charge in [-0.05, 0) is 36.8 Å². The standard InChI is InChI=1S/C15H11FN4O2/c1-9-4-5-12(11(16)7-9)20-14(10-3-2-6-17-8-10)13(15(21)22)18-19-20/h2-8H,1H3,(H,21,22). The van der Waals surface area contributed by atoms with Crippen molar-refractivity contribution < 1.29 is 14.3 Å². The van der Waals surface area contributed by atoms with Gasteiger partial charge in [-0.15, -0.1) is 5.10 Å². The van der Waals surface area contributed by atoms with E-state index in [-0.39, 0.29) is 17.1 Å². The molecule has 0 fully saturated rings. The zero-order valence-electron chi connectivity index (χ0n) is 11.6. The largest absolute Gasteiger partial charge is 0.476 e. The Balaban J connectivity index is 2.27. The first-order valence-electron chi connectivity index (χ1n) is 6.44. The minimum absolute atomic E-state index is 0.129. The average Bonchev–Trinajstić information content (AvgIpc) is 2.93. The van der Waals surface area contributed by atoms with E-state index < -0.39 is 11.8 Å². The van der Waals surface area contributed by atoms with Crippen molar-refractivity contribution in [1.82, 2.24) is 20.0 Å². The van der Waals surface area contributed by atoms with Crippen molar-refractivity contribution in [3.05, 3.63) is 59.8 Å². The van der Waals surface area contributed by atoms with Gasteiger partial charge in [-0.3, -0.25) is 4.98 Å². The first kappa shape index (κ1) is 13.9. The molecular weight excluding hydrogens is 287 g/mol. The van der Waals surface area contributed by atoms with E-state index in [4.69, 9.17) is 0 Å². The molecule has 7 heteroatoms. The molecule has 0 spiro atoms. The van der Waals surface area contributed by atoms with E-state index in [1.165, 1.54) is 23.0 Å². The number of pyridine rings is 1. The lowest BCUT2D eigenvalue weighted by Gasteiger charge is -2.08. The number of nitrogens with zero attached hydrogens (tertiary/aromatic N) is 4. The van der Waals surface area contributed by atoms with E-state index in [0.29, 0.717) is 5.56 Å². The van der Waals surface area contributed by atoms with Crippen molar-refractivity contribution in [2.45, 2.75) is 6.92 Å². The van der Waals surface area contributed by atoms with Gasteiger partial charge in [-0.2, -0.15) is 0 Å². The molecule has 6 nitrogen and oxygen atoms in total. The fourth-order valence-corrected chi connectivity index (χ4v) is 2.14. The highest BCUT2D eigenvalue weighted by Crippen LogP contribution is 2.26. The maximum absolute atomic E-state index is 14.2. The van der Waals surface area contributed by atoms with Gasteiger partial charge >= 0.3 is 5.97 Å². The molecule has 2 aromatic heterocycles. The van der Waals surface area contributed by atoms with Crippen LogP contribution < -0.4 is 0 Å². The van der Waals surface area contributed by atoms with Crippen molar-refractivity contribution in [3.63, 3.8) is 0 Å². The number of aryl methyl sites for hydroxylation is 1. The van der Waals surface area contributed by atoms with Gasteiger partial charge in [0.05, 0.1) is 0 Å². The van der Waals surface area contributed by atoms with Gasteiger partial charge in [-0.1, -0.05) is 11.3 Å². The predicted molar refractivity (Wildman–Crippen MR) is 76.2 cm³/mol. The molecule has 0 saturated carbocycles. The van der Waals surface area contributed by atoms with Crippen molar-refractivity contribution in [2.75, 3.05) is 0 Å². The lowest BCUT2D eigenvalue weighted by atomic mass is 10.1. The Kier molecular flexibility index (Phi) is 3.38. The molecule has 0 unspecified atom stereocenters. The number of hydrogen-bond acceptors (Lipinski definition) is 4. The molecule has 22 heavy (non-hydrogen) atoms. The normalized spacial score (nSPS) is 10.6. The molecule has 1 aromatic carbocycles. The number of hydrogen-bond donors (Lipinski definition) is 1. The van der Waals surface area contributed by atoms with Gasteiger partial charge in [0, 0.05) is 18.0 Å². The number of carboxylic acid groups (broad SMARTS) is 1. The fourth-order valence-electron chi connectivity index (χ4n) is 2.14. The molecule has 0 bridgehead atoms. The van der Waals surface area contributed by atoms with E-state index >= 15 is 0 Å². The Bertz CT molecular complexity index is 846. The van der Waals surface area contributed by atoms with Gasteiger partial charge in [-0.25, -0.2) is 13.9 Å². The molecule has 0 amide bonds. The maximum atomic E-state index is 14.2. The molecule has 3 rings (SSSR count). The number of carboxylic acids is 1. The Morgan fingerprint density at radius 3 is 2.77 bits per heavy atom. The van der Waals surface area contributed by atoms with E-state index in [9.17, 15) is 14.3 Å². The number of benzene rings is 1. The summed E-state index contributed by atoms with van der Waals surface area (Å²) >= 11 is 0. The summed E-state index contributed by atoms with van der Waals surface area (Å²) in [5.41, 5.74) is 1.30. The van der Waals surface area contributed by atoms with Crippen molar-refractivity contribution >= 4 is 5.97 Å². The third-order valence-electron chi connectivity index (χ3n) is 3.14. The van der Waals surface area contributed by atoms with Crippen LogP contribution in [-0.4, -0.2) is 31.1 Å². The van der Waals surface area contributed by atoms with Gasteiger partial charge in [0.15, 0.2) is 5.69 Å². The molecule has 0 radical (unpaired) electrons. The van der Waals surface area contributed by atoms with Crippen LogP contribution in [0.15, 0.2) is 42.7 Å². The maximum Gasteiger partial charge on any atom is 0.358 e. The average molecular weight is 298 g/mol. The monoisotopic (exact) mass is 298 g/mol. The van der Waals surface area contributed by atoms with Gasteiger partial charge in [0.25, 0.3) is 0 Å². The number of carbonyl (C=O) groups is 1. The number of aromatic carboxylic acids is 1. The zero-order chi connectivity index (χ0) is 15.7. The summed E-state index contributed by atoms with van der Waals surface area (Å²) in [6.45, 7) is 1.76. The number of rotatable bonds is 3. The Labute approximate surface area is 124 Å². The van der Waals surface area contributed by atoms with Gasteiger partial charge < -0.3 is 5.11 Å². The number of halogens is 1. The summed E-state index contributed by atoms with van der Waals surface area (Å²) in [5, 5.41) is 16.7. The SMILES string of the molecule is Cc1ccc(-n2nnc(C(=O)O)c2-c2cccnc2)c(F)c1. The van der Waals surface area contributed by atoms with E-state index in [0.717, 1.165) is 5.56 Å². The molecule has 2 heterocycles. The van der Waals surface area contributed by atoms with Crippen molar-refractivity contribution in [2.24, 2.45) is 0 Å². The Morgan fingerprint density at radius 2 is 2.14 bits per heavy atom. The number of aromatic nitrogens is 4. The van der Waals surface area contributed by atoms with Gasteiger partial charge in [0.1, 0.15) is 17.2 Å². The topological polar surface area (TPSA) is 80.9 Å². The molecule has 0 aliphatic rings. The highest BCUT2D eigenvalue weighted by atomic mass is 19.1.